The van der Waals surface area contributed by atoms with Gasteiger partial charge in [0.1, 0.15) is 5.75 Å². The normalized spacial score (nSPS) is 12.0. The van der Waals surface area contributed by atoms with E-state index in [0.29, 0.717) is 6.42 Å². The topological polar surface area (TPSA) is 43.6 Å². The average Bonchev–Trinajstić information content (AvgIpc) is 2.92. The highest BCUT2D eigenvalue weighted by Crippen LogP contribution is 2.23. The van der Waals surface area contributed by atoms with Crippen LogP contribution < -0.4 is 9.54 Å². The number of benzene rings is 2. The third-order valence-corrected chi connectivity index (χ3v) is 5.70. The Balaban J connectivity index is 1.98. The van der Waals surface area contributed by atoms with Crippen LogP contribution in [0.5, 0.6) is 5.75 Å². The van der Waals surface area contributed by atoms with E-state index in [4.69, 9.17) is 4.74 Å². The lowest BCUT2D eigenvalue weighted by molar-refractivity contribution is -0.117. The van der Waals surface area contributed by atoms with Crippen molar-refractivity contribution in [3.8, 4) is 5.75 Å². The van der Waals surface area contributed by atoms with Crippen LogP contribution in [0.2, 0.25) is 0 Å². The maximum atomic E-state index is 12.5. The zero-order valence-corrected chi connectivity index (χ0v) is 16.7. The van der Waals surface area contributed by atoms with Gasteiger partial charge in [-0.25, -0.2) is 0 Å². The lowest BCUT2D eigenvalue weighted by atomic mass is 10.1. The summed E-state index contributed by atoms with van der Waals surface area (Å²) < 4.78 is 8.60. The highest BCUT2D eigenvalue weighted by Gasteiger charge is 2.10. The van der Waals surface area contributed by atoms with Crippen molar-refractivity contribution in [2.24, 2.45) is 4.99 Å². The van der Waals surface area contributed by atoms with E-state index in [9.17, 15) is 4.79 Å². The molecule has 0 N–H and O–H groups in total. The third kappa shape index (κ3) is 3.58. The number of thiazole rings is 1. The second kappa shape index (κ2) is 7.46. The van der Waals surface area contributed by atoms with Crippen molar-refractivity contribution in [1.82, 2.24) is 4.57 Å². The van der Waals surface area contributed by atoms with Crippen molar-refractivity contribution in [3.63, 3.8) is 0 Å². The molecule has 1 amide bonds. The van der Waals surface area contributed by atoms with E-state index >= 15 is 0 Å². The van der Waals surface area contributed by atoms with Crippen LogP contribution >= 0.6 is 11.3 Å². The predicted molar refractivity (Wildman–Crippen MR) is 107 cm³/mol. The second-order valence-electron chi connectivity index (χ2n) is 6.55. The van der Waals surface area contributed by atoms with Crippen LogP contribution in [0.15, 0.2) is 35.3 Å². The van der Waals surface area contributed by atoms with E-state index in [1.165, 1.54) is 15.8 Å². The number of methoxy groups -OCH3 is 1. The zero-order chi connectivity index (χ0) is 18.8. The van der Waals surface area contributed by atoms with Crippen molar-refractivity contribution in [3.05, 3.63) is 57.4 Å². The number of amides is 1. The number of carbonyl (C=O) groups is 1. The summed E-state index contributed by atoms with van der Waals surface area (Å²) in [6.45, 7) is 9.05. The van der Waals surface area contributed by atoms with E-state index in [1.807, 2.05) is 25.1 Å². The first-order valence-electron chi connectivity index (χ1n) is 8.74. The summed E-state index contributed by atoms with van der Waals surface area (Å²) in [5.41, 5.74) is 5.58. The van der Waals surface area contributed by atoms with E-state index in [-0.39, 0.29) is 5.91 Å². The van der Waals surface area contributed by atoms with Crippen molar-refractivity contribution in [1.29, 1.82) is 0 Å². The maximum Gasteiger partial charge on any atom is 0.252 e. The molecule has 136 valence electrons. The number of carbonyl (C=O) groups excluding carboxylic acids is 1. The van der Waals surface area contributed by atoms with Crippen molar-refractivity contribution >= 4 is 27.5 Å². The number of ether oxygens (including phenoxy) is 1. The molecule has 0 fully saturated rings. The highest BCUT2D eigenvalue weighted by molar-refractivity contribution is 7.16. The van der Waals surface area contributed by atoms with E-state index in [0.717, 1.165) is 33.7 Å². The molecule has 0 radical (unpaired) electrons. The van der Waals surface area contributed by atoms with Gasteiger partial charge in [0.2, 0.25) is 0 Å². The smallest absolute Gasteiger partial charge is 0.252 e. The zero-order valence-electron chi connectivity index (χ0n) is 15.9. The fourth-order valence-electron chi connectivity index (χ4n) is 3.27. The first-order valence-corrected chi connectivity index (χ1v) is 9.56. The van der Waals surface area contributed by atoms with Crippen molar-refractivity contribution in [2.75, 3.05) is 7.11 Å². The van der Waals surface area contributed by atoms with E-state index in [2.05, 4.69) is 42.5 Å². The molecule has 3 aromatic rings. The monoisotopic (exact) mass is 368 g/mol. The van der Waals surface area contributed by atoms with Gasteiger partial charge in [0.25, 0.3) is 5.91 Å². The SMILES string of the molecule is CCn1c(=NC(=O)Cc2ccc(OC)c(C)c2)sc2c(C)cc(C)cc21. The molecule has 1 heterocycles. The summed E-state index contributed by atoms with van der Waals surface area (Å²) in [5.74, 6) is 0.704. The van der Waals surface area contributed by atoms with Crippen LogP contribution in [0, 0.1) is 20.8 Å². The summed E-state index contributed by atoms with van der Waals surface area (Å²) >= 11 is 1.59. The molecule has 5 heteroatoms. The van der Waals surface area contributed by atoms with E-state index < -0.39 is 0 Å². The highest BCUT2D eigenvalue weighted by atomic mass is 32.1. The Bertz CT molecular complexity index is 1040. The molecule has 1 aromatic heterocycles. The molecule has 4 nitrogen and oxygen atoms in total. The van der Waals surface area contributed by atoms with Gasteiger partial charge in [0.05, 0.1) is 23.7 Å². The van der Waals surface area contributed by atoms with Gasteiger partial charge >= 0.3 is 0 Å². The van der Waals surface area contributed by atoms with Crippen molar-refractivity contribution in [2.45, 2.75) is 40.7 Å². The largest absolute Gasteiger partial charge is 0.496 e. The minimum atomic E-state index is -0.127. The molecule has 0 spiro atoms. The maximum absolute atomic E-state index is 12.5. The van der Waals surface area contributed by atoms with E-state index in [1.54, 1.807) is 18.4 Å². The molecule has 2 aromatic carbocycles. The number of aromatic nitrogens is 1. The Morgan fingerprint density at radius 1 is 1.15 bits per heavy atom. The summed E-state index contributed by atoms with van der Waals surface area (Å²) in [6.07, 6.45) is 0.292. The van der Waals surface area contributed by atoms with Gasteiger partial charge in [0.15, 0.2) is 4.80 Å². The lowest BCUT2D eigenvalue weighted by Crippen LogP contribution is -2.16. The van der Waals surface area contributed by atoms with Gasteiger partial charge in [0, 0.05) is 6.54 Å². The third-order valence-electron chi connectivity index (χ3n) is 4.47. The summed E-state index contributed by atoms with van der Waals surface area (Å²) in [5, 5.41) is 0. The number of rotatable bonds is 4. The summed E-state index contributed by atoms with van der Waals surface area (Å²) in [7, 11) is 1.65. The van der Waals surface area contributed by atoms with Gasteiger partial charge in [-0.1, -0.05) is 29.5 Å². The average molecular weight is 369 g/mol. The molecule has 0 aliphatic rings. The molecule has 0 aliphatic heterocycles. The van der Waals surface area contributed by atoms with Crippen LogP contribution in [-0.4, -0.2) is 17.6 Å². The van der Waals surface area contributed by atoms with Crippen molar-refractivity contribution < 1.29 is 9.53 Å². The fraction of sp³-hybridized carbons (Fsp3) is 0.333. The molecular weight excluding hydrogens is 344 g/mol. The van der Waals surface area contributed by atoms with Gasteiger partial charge in [-0.05, 0) is 62.1 Å². The second-order valence-corrected chi connectivity index (χ2v) is 7.52. The Morgan fingerprint density at radius 3 is 2.58 bits per heavy atom. The molecule has 0 unspecified atom stereocenters. The Morgan fingerprint density at radius 2 is 1.92 bits per heavy atom. The fourth-order valence-corrected chi connectivity index (χ4v) is 4.44. The summed E-state index contributed by atoms with van der Waals surface area (Å²) in [4.78, 5) is 17.7. The first kappa shape index (κ1) is 18.4. The molecule has 3 rings (SSSR count). The number of nitrogens with zero attached hydrogens (tertiary/aromatic N) is 2. The Kier molecular flexibility index (Phi) is 5.28. The molecule has 0 saturated carbocycles. The summed E-state index contributed by atoms with van der Waals surface area (Å²) in [6, 6.07) is 10.1. The molecule has 0 aliphatic carbocycles. The minimum absolute atomic E-state index is 0.127. The molecule has 0 bridgehead atoms. The molecule has 26 heavy (non-hydrogen) atoms. The minimum Gasteiger partial charge on any atom is -0.496 e. The van der Waals surface area contributed by atoms with Crippen LogP contribution in [0.3, 0.4) is 0 Å². The first-order chi connectivity index (χ1) is 12.4. The Labute approximate surface area is 157 Å². The number of hydrogen-bond donors (Lipinski definition) is 0. The van der Waals surface area contributed by atoms with Crippen LogP contribution in [0.1, 0.15) is 29.2 Å². The quantitative estimate of drug-likeness (QED) is 0.688. The van der Waals surface area contributed by atoms with Gasteiger partial charge in [-0.15, -0.1) is 0 Å². The molecular formula is C21H24N2O2S. The number of fused-ring (bicyclic) bond motifs is 1. The van der Waals surface area contributed by atoms with Crippen LogP contribution in [0.4, 0.5) is 0 Å². The van der Waals surface area contributed by atoms with Crippen LogP contribution in [-0.2, 0) is 17.8 Å². The predicted octanol–water partition coefficient (Wildman–Crippen LogP) is 4.33. The Hall–Kier alpha value is -2.40. The number of hydrogen-bond acceptors (Lipinski definition) is 3. The molecule has 0 atom stereocenters. The standard InChI is InChI=1S/C21H24N2O2S/c1-6-23-17-10-13(2)9-15(4)20(17)26-21(23)22-19(24)12-16-7-8-18(25-5)14(3)11-16/h7-11H,6,12H2,1-5H3. The van der Waals surface area contributed by atoms with Gasteiger partial charge < -0.3 is 9.30 Å². The van der Waals surface area contributed by atoms with Gasteiger partial charge in [-0.2, -0.15) is 4.99 Å². The van der Waals surface area contributed by atoms with Gasteiger partial charge in [-0.3, -0.25) is 4.79 Å². The number of aryl methyl sites for hydroxylation is 4. The van der Waals surface area contributed by atoms with Crippen LogP contribution in [0.25, 0.3) is 10.2 Å². The molecule has 0 saturated heterocycles. The lowest BCUT2D eigenvalue weighted by Gasteiger charge is -2.06.